The molecule has 11 heteroatoms. The fourth-order valence-electron chi connectivity index (χ4n) is 2.68. The van der Waals surface area contributed by atoms with Crippen LogP contribution in [-0.2, 0) is 10.0 Å². The van der Waals surface area contributed by atoms with Gasteiger partial charge >= 0.3 is 0 Å². The van der Waals surface area contributed by atoms with Gasteiger partial charge in [0.15, 0.2) is 0 Å². The van der Waals surface area contributed by atoms with E-state index >= 15 is 0 Å². The molecule has 0 radical (unpaired) electrons. The summed E-state index contributed by atoms with van der Waals surface area (Å²) in [5, 5.41) is 3.45. The Kier molecular flexibility index (Phi) is 7.79. The molecule has 0 unspecified atom stereocenters. The topological polar surface area (TPSA) is 84.5 Å². The van der Waals surface area contributed by atoms with Crippen molar-refractivity contribution < 1.29 is 17.9 Å². The van der Waals surface area contributed by atoms with E-state index in [4.69, 9.17) is 51.1 Å². The van der Waals surface area contributed by atoms with Crippen LogP contribution in [0.1, 0.15) is 17.3 Å². The lowest BCUT2D eigenvalue weighted by Gasteiger charge is -2.15. The number of anilines is 2. The van der Waals surface area contributed by atoms with Crippen molar-refractivity contribution in [1.82, 2.24) is 0 Å². The normalized spacial score (nSPS) is 11.2. The van der Waals surface area contributed by atoms with Crippen LogP contribution in [0, 0.1) is 0 Å². The fraction of sp³-hybridized carbons (Fsp3) is 0.0952. The average Bonchev–Trinajstić information content (AvgIpc) is 2.73. The van der Waals surface area contributed by atoms with Crippen LogP contribution in [0.5, 0.6) is 5.75 Å². The van der Waals surface area contributed by atoms with Crippen LogP contribution in [0.4, 0.5) is 11.4 Å². The molecule has 3 rings (SSSR count). The number of carbonyl (C=O) groups excluding carboxylic acids is 1. The molecular weight excluding hydrogens is 518 g/mol. The summed E-state index contributed by atoms with van der Waals surface area (Å²) in [6.45, 7) is 2.07. The highest BCUT2D eigenvalue weighted by molar-refractivity contribution is 7.92. The van der Waals surface area contributed by atoms with E-state index in [1.54, 1.807) is 25.1 Å². The first kappa shape index (κ1) is 24.5. The predicted molar refractivity (Wildman–Crippen MR) is 129 cm³/mol. The maximum atomic E-state index is 13.0. The molecule has 0 aliphatic carbocycles. The largest absolute Gasteiger partial charge is 0.492 e. The second kappa shape index (κ2) is 10.2. The van der Waals surface area contributed by atoms with Gasteiger partial charge < -0.3 is 10.1 Å². The summed E-state index contributed by atoms with van der Waals surface area (Å²) in [7, 11) is -4.09. The van der Waals surface area contributed by atoms with Gasteiger partial charge in [-0.25, -0.2) is 8.42 Å². The first-order valence-corrected chi connectivity index (χ1v) is 12.1. The quantitative estimate of drug-likeness (QED) is 0.329. The molecule has 0 saturated carbocycles. The summed E-state index contributed by atoms with van der Waals surface area (Å²) in [5.74, 6) is -0.183. The molecule has 0 aliphatic heterocycles. The smallest absolute Gasteiger partial charge is 0.262 e. The minimum atomic E-state index is -4.09. The highest BCUT2D eigenvalue weighted by Crippen LogP contribution is 2.34. The van der Waals surface area contributed by atoms with Gasteiger partial charge in [0.05, 0.1) is 37.9 Å². The van der Waals surface area contributed by atoms with Crippen molar-refractivity contribution in [3.8, 4) is 5.75 Å². The molecule has 6 nitrogen and oxygen atoms in total. The molecule has 0 aromatic heterocycles. The molecule has 0 bridgehead atoms. The third kappa shape index (κ3) is 5.79. The van der Waals surface area contributed by atoms with E-state index in [1.807, 2.05) is 0 Å². The number of rotatable bonds is 7. The van der Waals surface area contributed by atoms with Crippen LogP contribution < -0.4 is 14.8 Å². The summed E-state index contributed by atoms with van der Waals surface area (Å²) < 4.78 is 33.8. The Bertz CT molecular complexity index is 1280. The first-order valence-electron chi connectivity index (χ1n) is 9.12. The van der Waals surface area contributed by atoms with Gasteiger partial charge in [-0.2, -0.15) is 0 Å². The van der Waals surface area contributed by atoms with E-state index in [2.05, 4.69) is 10.0 Å². The van der Waals surface area contributed by atoms with Crippen LogP contribution in [0.3, 0.4) is 0 Å². The molecule has 0 saturated heterocycles. The number of sulfonamides is 1. The van der Waals surface area contributed by atoms with Crippen molar-refractivity contribution in [3.05, 3.63) is 80.3 Å². The number of hydrogen-bond acceptors (Lipinski definition) is 4. The van der Waals surface area contributed by atoms with Gasteiger partial charge in [-0.15, -0.1) is 0 Å². The van der Waals surface area contributed by atoms with Gasteiger partial charge in [-0.1, -0.05) is 52.5 Å². The Morgan fingerprint density at radius 3 is 2.31 bits per heavy atom. The Morgan fingerprint density at radius 2 is 1.62 bits per heavy atom. The van der Waals surface area contributed by atoms with E-state index in [1.165, 1.54) is 36.4 Å². The number of nitrogens with one attached hydrogen (secondary N) is 2. The van der Waals surface area contributed by atoms with Gasteiger partial charge in [0.2, 0.25) is 0 Å². The zero-order valence-corrected chi connectivity index (χ0v) is 20.3. The molecule has 2 N–H and O–H groups in total. The lowest BCUT2D eigenvalue weighted by molar-refractivity contribution is 0.102. The molecule has 1 amide bonds. The Balaban J connectivity index is 1.95. The molecule has 0 aliphatic rings. The van der Waals surface area contributed by atoms with E-state index < -0.39 is 15.9 Å². The summed E-state index contributed by atoms with van der Waals surface area (Å²) in [6.07, 6.45) is 0. The van der Waals surface area contributed by atoms with Gasteiger partial charge in [-0.05, 0) is 55.5 Å². The third-order valence-corrected chi connectivity index (χ3v) is 6.78. The SMILES string of the molecule is CCOc1ccc(S(=O)(=O)Nc2cc(Cl)c(Cl)cc2Cl)cc1NC(=O)c1cccc(Cl)c1. The van der Waals surface area contributed by atoms with Crippen LogP contribution in [0.2, 0.25) is 20.1 Å². The molecule has 0 fully saturated rings. The standard InChI is InChI=1S/C21H16Cl4N2O4S/c1-2-31-20-7-6-14(9-19(20)26-21(28)12-4-3-5-13(22)8-12)32(29,30)27-18-11-16(24)15(23)10-17(18)25/h3-11,27H,2H2,1H3,(H,26,28). The second-order valence-corrected chi connectivity index (χ2v) is 9.75. The molecule has 32 heavy (non-hydrogen) atoms. The van der Waals surface area contributed by atoms with Gasteiger partial charge in [0, 0.05) is 10.6 Å². The Labute approximate surface area is 205 Å². The number of carbonyl (C=O) groups is 1. The predicted octanol–water partition coefficient (Wildman–Crippen LogP) is 6.75. The monoisotopic (exact) mass is 532 g/mol. The van der Waals surface area contributed by atoms with Crippen molar-refractivity contribution in [2.24, 2.45) is 0 Å². The van der Waals surface area contributed by atoms with Gasteiger partial charge in [-0.3, -0.25) is 9.52 Å². The third-order valence-electron chi connectivity index (χ3n) is 4.15. The molecular formula is C21H16Cl4N2O4S. The van der Waals surface area contributed by atoms with Crippen LogP contribution in [0.25, 0.3) is 0 Å². The highest BCUT2D eigenvalue weighted by atomic mass is 35.5. The summed E-state index contributed by atoms with van der Waals surface area (Å²) in [6, 6.07) is 13.0. The molecule has 0 heterocycles. The van der Waals surface area contributed by atoms with Crippen molar-refractivity contribution in [2.45, 2.75) is 11.8 Å². The Morgan fingerprint density at radius 1 is 0.906 bits per heavy atom. The van der Waals surface area contributed by atoms with Crippen molar-refractivity contribution in [1.29, 1.82) is 0 Å². The molecule has 3 aromatic rings. The number of hydrogen-bond donors (Lipinski definition) is 2. The zero-order valence-electron chi connectivity index (χ0n) is 16.5. The van der Waals surface area contributed by atoms with Gasteiger partial charge in [0.25, 0.3) is 15.9 Å². The van der Waals surface area contributed by atoms with E-state index in [-0.39, 0.29) is 31.3 Å². The Hall–Kier alpha value is -2.16. The number of amides is 1. The van der Waals surface area contributed by atoms with Crippen molar-refractivity contribution >= 4 is 73.7 Å². The van der Waals surface area contributed by atoms with Gasteiger partial charge in [0.1, 0.15) is 5.75 Å². The van der Waals surface area contributed by atoms with Crippen LogP contribution in [0.15, 0.2) is 59.5 Å². The average molecular weight is 534 g/mol. The fourth-order valence-corrected chi connectivity index (χ4v) is 4.62. The minimum Gasteiger partial charge on any atom is -0.492 e. The van der Waals surface area contributed by atoms with Crippen LogP contribution >= 0.6 is 46.4 Å². The molecule has 0 atom stereocenters. The molecule has 0 spiro atoms. The maximum absolute atomic E-state index is 13.0. The second-order valence-electron chi connectivity index (χ2n) is 6.41. The van der Waals surface area contributed by atoms with E-state index in [0.717, 1.165) is 0 Å². The lowest BCUT2D eigenvalue weighted by atomic mass is 10.2. The van der Waals surface area contributed by atoms with E-state index in [9.17, 15) is 13.2 Å². The summed E-state index contributed by atoms with van der Waals surface area (Å²) >= 11 is 23.9. The van der Waals surface area contributed by atoms with Crippen molar-refractivity contribution in [2.75, 3.05) is 16.6 Å². The summed E-state index contributed by atoms with van der Waals surface area (Å²) in [5.41, 5.74) is 0.522. The number of benzene rings is 3. The molecule has 3 aromatic carbocycles. The van der Waals surface area contributed by atoms with Crippen molar-refractivity contribution in [3.63, 3.8) is 0 Å². The van der Waals surface area contributed by atoms with E-state index in [0.29, 0.717) is 22.9 Å². The molecule has 168 valence electrons. The highest BCUT2D eigenvalue weighted by Gasteiger charge is 2.20. The minimum absolute atomic E-state index is 0.0551. The number of halogens is 4. The summed E-state index contributed by atoms with van der Waals surface area (Å²) in [4.78, 5) is 12.5. The number of ether oxygens (including phenoxy) is 1. The zero-order chi connectivity index (χ0) is 23.5. The lowest BCUT2D eigenvalue weighted by Crippen LogP contribution is -2.16. The maximum Gasteiger partial charge on any atom is 0.262 e. The van der Waals surface area contributed by atoms with Crippen LogP contribution in [-0.4, -0.2) is 20.9 Å². The first-order chi connectivity index (χ1) is 15.1.